The third-order valence-electron chi connectivity index (χ3n) is 6.03. The van der Waals surface area contributed by atoms with E-state index in [0.717, 1.165) is 31.2 Å². The first kappa shape index (κ1) is 19.4. The summed E-state index contributed by atoms with van der Waals surface area (Å²) in [5, 5.41) is 3.06. The van der Waals surface area contributed by atoms with Crippen molar-refractivity contribution in [1.29, 1.82) is 0 Å². The Morgan fingerprint density at radius 1 is 1.07 bits per heavy atom. The molecule has 1 aliphatic rings. The van der Waals surface area contributed by atoms with Crippen LogP contribution in [0.3, 0.4) is 0 Å². The number of carbonyl (C=O) groups is 1. The lowest BCUT2D eigenvalue weighted by atomic mass is 9.69. The summed E-state index contributed by atoms with van der Waals surface area (Å²) in [5.74, 6) is -0.801. The van der Waals surface area contributed by atoms with Crippen LogP contribution in [0, 0.1) is 5.82 Å². The molecule has 3 aromatic rings. The fourth-order valence-corrected chi connectivity index (χ4v) is 4.39. The van der Waals surface area contributed by atoms with Crippen molar-refractivity contribution in [1.82, 2.24) is 9.88 Å². The maximum absolute atomic E-state index is 13.4. The first-order valence-electron chi connectivity index (χ1n) is 10.2. The number of para-hydroxylation sites is 2. The second kappa shape index (κ2) is 8.23. The Bertz CT molecular complexity index is 1050. The van der Waals surface area contributed by atoms with E-state index in [1.54, 1.807) is 12.1 Å². The third-order valence-corrected chi connectivity index (χ3v) is 6.03. The molecule has 0 radical (unpaired) electrons. The van der Waals surface area contributed by atoms with Crippen molar-refractivity contribution < 1.29 is 13.6 Å². The van der Waals surface area contributed by atoms with Gasteiger partial charge in [0.1, 0.15) is 5.82 Å². The zero-order valence-electron chi connectivity index (χ0n) is 16.3. The molecular weight excluding hydrogens is 371 g/mol. The molecule has 0 aliphatic heterocycles. The standard InChI is InChI=1S/C23H25FN2O3/c24-18-10-8-17(9-11-18)23(13-4-1-5-14-23)16-25-21(27)12-15-26-19-6-2-3-7-20(19)29-22(26)28/h2-3,6-11H,1,4-5,12-16H2,(H,25,27). The Balaban J connectivity index is 1.42. The van der Waals surface area contributed by atoms with Gasteiger partial charge >= 0.3 is 5.76 Å². The molecule has 0 bridgehead atoms. The van der Waals surface area contributed by atoms with Gasteiger partial charge in [0.15, 0.2) is 5.58 Å². The van der Waals surface area contributed by atoms with Crippen LogP contribution >= 0.6 is 0 Å². The summed E-state index contributed by atoms with van der Waals surface area (Å²) in [6.07, 6.45) is 5.54. The van der Waals surface area contributed by atoms with E-state index < -0.39 is 5.76 Å². The molecule has 1 aliphatic carbocycles. The van der Waals surface area contributed by atoms with E-state index in [2.05, 4.69) is 5.32 Å². The van der Waals surface area contributed by atoms with Crippen molar-refractivity contribution in [2.75, 3.05) is 6.54 Å². The zero-order chi connectivity index (χ0) is 20.3. The highest BCUT2D eigenvalue weighted by Crippen LogP contribution is 2.39. The first-order chi connectivity index (χ1) is 14.1. The molecule has 1 saturated carbocycles. The molecule has 0 saturated heterocycles. The van der Waals surface area contributed by atoms with Crippen LogP contribution in [0.4, 0.5) is 4.39 Å². The summed E-state index contributed by atoms with van der Waals surface area (Å²) in [6.45, 7) is 0.795. The minimum Gasteiger partial charge on any atom is -0.408 e. The van der Waals surface area contributed by atoms with Gasteiger partial charge in [-0.3, -0.25) is 9.36 Å². The van der Waals surface area contributed by atoms with E-state index in [-0.39, 0.29) is 30.1 Å². The van der Waals surface area contributed by atoms with Gasteiger partial charge in [0.25, 0.3) is 0 Å². The number of halogens is 1. The molecule has 4 rings (SSSR count). The van der Waals surface area contributed by atoms with Crippen LogP contribution in [0.5, 0.6) is 0 Å². The van der Waals surface area contributed by atoms with Gasteiger partial charge in [0.05, 0.1) is 5.52 Å². The van der Waals surface area contributed by atoms with E-state index >= 15 is 0 Å². The highest BCUT2D eigenvalue weighted by Gasteiger charge is 2.34. The SMILES string of the molecule is O=C(CCn1c(=O)oc2ccccc21)NCC1(c2ccc(F)cc2)CCCCC1. The van der Waals surface area contributed by atoms with Crippen LogP contribution in [0.15, 0.2) is 57.7 Å². The second-order valence-corrected chi connectivity index (χ2v) is 7.86. The highest BCUT2D eigenvalue weighted by molar-refractivity contribution is 5.77. The Hall–Kier alpha value is -2.89. The number of nitrogens with one attached hydrogen (secondary N) is 1. The lowest BCUT2D eigenvalue weighted by Gasteiger charge is -2.38. The number of nitrogens with zero attached hydrogens (tertiary/aromatic N) is 1. The van der Waals surface area contributed by atoms with Gasteiger partial charge < -0.3 is 9.73 Å². The van der Waals surface area contributed by atoms with E-state index in [1.807, 2.05) is 24.3 Å². The van der Waals surface area contributed by atoms with Crippen LogP contribution in [-0.2, 0) is 16.8 Å². The average Bonchev–Trinajstić information content (AvgIpc) is 3.07. The topological polar surface area (TPSA) is 64.2 Å². The van der Waals surface area contributed by atoms with Crippen LogP contribution in [0.1, 0.15) is 44.1 Å². The maximum Gasteiger partial charge on any atom is 0.419 e. The van der Waals surface area contributed by atoms with Crippen molar-refractivity contribution in [3.8, 4) is 0 Å². The van der Waals surface area contributed by atoms with Crippen molar-refractivity contribution in [3.63, 3.8) is 0 Å². The minimum atomic E-state index is -0.450. The van der Waals surface area contributed by atoms with Gasteiger partial charge in [-0.15, -0.1) is 0 Å². The molecular formula is C23H25FN2O3. The molecule has 2 aromatic carbocycles. The number of rotatable bonds is 6. The second-order valence-electron chi connectivity index (χ2n) is 7.86. The molecule has 5 nitrogen and oxygen atoms in total. The largest absolute Gasteiger partial charge is 0.419 e. The molecule has 0 atom stereocenters. The smallest absolute Gasteiger partial charge is 0.408 e. The molecule has 6 heteroatoms. The predicted molar refractivity (Wildman–Crippen MR) is 109 cm³/mol. The summed E-state index contributed by atoms with van der Waals surface area (Å²) in [6, 6.07) is 13.8. The Morgan fingerprint density at radius 2 is 1.79 bits per heavy atom. The monoisotopic (exact) mass is 396 g/mol. The number of aromatic nitrogens is 1. The van der Waals surface area contributed by atoms with Crippen LogP contribution in [0.25, 0.3) is 11.1 Å². The van der Waals surface area contributed by atoms with Gasteiger partial charge in [-0.25, -0.2) is 9.18 Å². The number of aryl methyl sites for hydroxylation is 1. The van der Waals surface area contributed by atoms with Crippen molar-refractivity contribution in [2.24, 2.45) is 0 Å². The lowest BCUT2D eigenvalue weighted by Crippen LogP contribution is -2.42. The van der Waals surface area contributed by atoms with Crippen molar-refractivity contribution >= 4 is 17.0 Å². The lowest BCUT2D eigenvalue weighted by molar-refractivity contribution is -0.121. The number of hydrogen-bond donors (Lipinski definition) is 1. The minimum absolute atomic E-state index is 0.103. The van der Waals surface area contributed by atoms with Gasteiger partial charge in [-0.2, -0.15) is 0 Å². The highest BCUT2D eigenvalue weighted by atomic mass is 19.1. The summed E-state index contributed by atoms with van der Waals surface area (Å²) >= 11 is 0. The van der Waals surface area contributed by atoms with Gasteiger partial charge in [-0.1, -0.05) is 43.5 Å². The quantitative estimate of drug-likeness (QED) is 0.681. The number of fused-ring (bicyclic) bond motifs is 1. The molecule has 152 valence electrons. The molecule has 0 spiro atoms. The van der Waals surface area contributed by atoms with E-state index in [0.29, 0.717) is 17.6 Å². The predicted octanol–water partition coefficient (Wildman–Crippen LogP) is 4.14. The Morgan fingerprint density at radius 3 is 2.55 bits per heavy atom. The Labute approximate surface area is 168 Å². The Kier molecular flexibility index (Phi) is 5.51. The number of carbonyl (C=O) groups excluding carboxylic acids is 1. The van der Waals surface area contributed by atoms with Crippen LogP contribution in [0.2, 0.25) is 0 Å². The number of oxazole rings is 1. The summed E-state index contributed by atoms with van der Waals surface area (Å²) in [4.78, 5) is 24.6. The van der Waals surface area contributed by atoms with Gasteiger partial charge in [0, 0.05) is 24.9 Å². The van der Waals surface area contributed by atoms with E-state index in [4.69, 9.17) is 4.42 Å². The number of hydrogen-bond acceptors (Lipinski definition) is 3. The molecule has 1 fully saturated rings. The average molecular weight is 396 g/mol. The van der Waals surface area contributed by atoms with Crippen LogP contribution < -0.4 is 11.1 Å². The molecule has 29 heavy (non-hydrogen) atoms. The fraction of sp³-hybridized carbons (Fsp3) is 0.391. The van der Waals surface area contributed by atoms with Crippen molar-refractivity contribution in [2.45, 2.75) is 50.5 Å². The van der Waals surface area contributed by atoms with E-state index in [9.17, 15) is 14.0 Å². The molecule has 0 unspecified atom stereocenters. The molecule has 1 heterocycles. The van der Waals surface area contributed by atoms with Gasteiger partial charge in [-0.05, 0) is 42.7 Å². The fourth-order valence-electron chi connectivity index (χ4n) is 4.39. The van der Waals surface area contributed by atoms with Gasteiger partial charge in [0.2, 0.25) is 5.91 Å². The van der Waals surface area contributed by atoms with Crippen molar-refractivity contribution in [3.05, 3.63) is 70.5 Å². The summed E-state index contributed by atoms with van der Waals surface area (Å²) in [5.41, 5.74) is 2.15. The molecule has 1 aromatic heterocycles. The normalized spacial score (nSPS) is 16.0. The number of amides is 1. The first-order valence-corrected chi connectivity index (χ1v) is 10.2. The molecule has 1 N–H and O–H groups in total. The summed E-state index contributed by atoms with van der Waals surface area (Å²) < 4.78 is 20.1. The van der Waals surface area contributed by atoms with E-state index in [1.165, 1.54) is 23.1 Å². The third kappa shape index (κ3) is 4.11. The summed E-state index contributed by atoms with van der Waals surface area (Å²) in [7, 11) is 0. The maximum atomic E-state index is 13.4. The molecule has 1 amide bonds. The number of benzene rings is 2. The van der Waals surface area contributed by atoms with Crippen LogP contribution in [-0.4, -0.2) is 17.0 Å². The zero-order valence-corrected chi connectivity index (χ0v) is 16.3.